The molecule has 0 spiro atoms. The number of ketones is 2. The van der Waals surface area contributed by atoms with Crippen molar-refractivity contribution in [1.82, 2.24) is 0 Å². The third-order valence-corrected chi connectivity index (χ3v) is 5.41. The quantitative estimate of drug-likeness (QED) is 0.175. The number of hydrogen-bond donors (Lipinski definition) is 0. The van der Waals surface area contributed by atoms with Crippen molar-refractivity contribution in [3.63, 3.8) is 0 Å². The predicted octanol–water partition coefficient (Wildman–Crippen LogP) is 5.44. The van der Waals surface area contributed by atoms with E-state index < -0.39 is 5.97 Å². The largest absolute Gasteiger partial charge is 0.496 e. The summed E-state index contributed by atoms with van der Waals surface area (Å²) in [6.45, 7) is 3.47. The van der Waals surface area contributed by atoms with E-state index in [9.17, 15) is 14.4 Å². The minimum Gasteiger partial charge on any atom is -0.496 e. The lowest BCUT2D eigenvalue weighted by Gasteiger charge is -2.20. The van der Waals surface area contributed by atoms with Crippen molar-refractivity contribution in [3.8, 4) is 11.5 Å². The molecule has 0 amide bonds. The lowest BCUT2D eigenvalue weighted by Crippen LogP contribution is -2.18. The Bertz CT molecular complexity index is 900. The normalized spacial score (nSPS) is 13.2. The van der Waals surface area contributed by atoms with Gasteiger partial charge in [0, 0.05) is 12.5 Å². The summed E-state index contributed by atoms with van der Waals surface area (Å²) in [5.41, 5.74) is 1.25. The fourth-order valence-electron chi connectivity index (χ4n) is 3.80. The summed E-state index contributed by atoms with van der Waals surface area (Å²) in [6.07, 6.45) is 12.1. The Morgan fingerprint density at radius 1 is 0.875 bits per heavy atom. The number of allylic oxidation sites excluding steroid dienone is 2. The van der Waals surface area contributed by atoms with Crippen molar-refractivity contribution in [1.29, 1.82) is 0 Å². The Kier molecular flexibility index (Phi) is 10.1. The molecule has 0 saturated carbocycles. The van der Waals surface area contributed by atoms with Gasteiger partial charge in [0.2, 0.25) is 0 Å². The van der Waals surface area contributed by atoms with Crippen molar-refractivity contribution < 1.29 is 28.7 Å². The number of oxime groups is 1. The predicted molar refractivity (Wildman–Crippen MR) is 123 cm³/mol. The molecule has 1 aromatic carbocycles. The van der Waals surface area contributed by atoms with Crippen LogP contribution >= 0.6 is 0 Å². The highest BCUT2D eigenvalue weighted by atomic mass is 16.7. The average Bonchev–Trinajstić information content (AvgIpc) is 2.78. The second-order valence-electron chi connectivity index (χ2n) is 7.82. The molecule has 7 nitrogen and oxygen atoms in total. The van der Waals surface area contributed by atoms with Crippen LogP contribution in [-0.2, 0) is 9.63 Å². The van der Waals surface area contributed by atoms with Crippen LogP contribution in [0.3, 0.4) is 0 Å². The third-order valence-electron chi connectivity index (χ3n) is 5.41. The number of rotatable bonds is 13. The highest BCUT2D eigenvalue weighted by Crippen LogP contribution is 2.38. The monoisotopic (exact) mass is 443 g/mol. The van der Waals surface area contributed by atoms with E-state index in [2.05, 4.69) is 12.1 Å². The van der Waals surface area contributed by atoms with Gasteiger partial charge in [-0.05, 0) is 31.1 Å². The maximum absolute atomic E-state index is 12.6. The molecular formula is C25H33NO6. The Morgan fingerprint density at radius 2 is 1.47 bits per heavy atom. The molecular weight excluding hydrogens is 410 g/mol. The molecule has 174 valence electrons. The molecule has 0 saturated heterocycles. The van der Waals surface area contributed by atoms with E-state index in [0.29, 0.717) is 17.7 Å². The molecule has 0 heterocycles. The fraction of sp³-hybridized carbons (Fsp3) is 0.520. The minimum absolute atomic E-state index is 0.140. The first-order chi connectivity index (χ1) is 15.4. The molecule has 0 aliphatic heterocycles. The maximum atomic E-state index is 12.6. The SMILES string of the molecule is CCCCCCCCCCC(=NOC(C)=O)c1cc(OC)c2c(c1OC)C(=O)C=CC2=O. The first-order valence-corrected chi connectivity index (χ1v) is 11.2. The summed E-state index contributed by atoms with van der Waals surface area (Å²) in [5.74, 6) is -0.742. The second-order valence-corrected chi connectivity index (χ2v) is 7.82. The van der Waals surface area contributed by atoms with Gasteiger partial charge in [0.1, 0.15) is 11.5 Å². The van der Waals surface area contributed by atoms with E-state index in [1.165, 1.54) is 65.4 Å². The van der Waals surface area contributed by atoms with E-state index in [-0.39, 0.29) is 34.2 Å². The van der Waals surface area contributed by atoms with Crippen LogP contribution in [0.25, 0.3) is 0 Å². The Labute approximate surface area is 189 Å². The number of carbonyl (C=O) groups excluding carboxylic acids is 3. The van der Waals surface area contributed by atoms with Crippen LogP contribution in [0.4, 0.5) is 0 Å². The summed E-state index contributed by atoms with van der Waals surface area (Å²) in [6, 6.07) is 1.62. The molecule has 0 atom stereocenters. The first kappa shape index (κ1) is 25.3. The van der Waals surface area contributed by atoms with E-state index in [4.69, 9.17) is 14.3 Å². The van der Waals surface area contributed by atoms with Gasteiger partial charge in [-0.15, -0.1) is 0 Å². The molecule has 1 aromatic rings. The Hall–Kier alpha value is -2.96. The highest BCUT2D eigenvalue weighted by Gasteiger charge is 2.31. The van der Waals surface area contributed by atoms with Crippen molar-refractivity contribution in [2.75, 3.05) is 14.2 Å². The molecule has 32 heavy (non-hydrogen) atoms. The standard InChI is InChI=1S/C25H33NO6/c1-5-6-7-8-9-10-11-12-13-19(26-32-17(2)27)18-16-22(30-3)23-20(28)14-15-21(29)24(23)25(18)31-4/h14-16H,5-13H2,1-4H3. The van der Waals surface area contributed by atoms with Gasteiger partial charge in [-0.2, -0.15) is 0 Å². The van der Waals surface area contributed by atoms with Crippen molar-refractivity contribution in [3.05, 3.63) is 34.9 Å². The molecule has 2 rings (SSSR count). The van der Waals surface area contributed by atoms with Gasteiger partial charge in [-0.3, -0.25) is 9.59 Å². The average molecular weight is 444 g/mol. The van der Waals surface area contributed by atoms with Crippen LogP contribution in [0.2, 0.25) is 0 Å². The smallest absolute Gasteiger partial charge is 0.331 e. The van der Waals surface area contributed by atoms with Gasteiger partial charge >= 0.3 is 5.97 Å². The highest BCUT2D eigenvalue weighted by molar-refractivity contribution is 6.25. The molecule has 0 N–H and O–H groups in total. The summed E-state index contributed by atoms with van der Waals surface area (Å²) in [7, 11) is 2.87. The number of benzene rings is 1. The van der Waals surface area contributed by atoms with E-state index in [1.54, 1.807) is 6.07 Å². The zero-order valence-corrected chi connectivity index (χ0v) is 19.5. The minimum atomic E-state index is -0.545. The van der Waals surface area contributed by atoms with Crippen LogP contribution in [0.15, 0.2) is 23.4 Å². The summed E-state index contributed by atoms with van der Waals surface area (Å²) >= 11 is 0. The molecule has 0 unspecified atom stereocenters. The number of methoxy groups -OCH3 is 2. The molecule has 0 aromatic heterocycles. The summed E-state index contributed by atoms with van der Waals surface area (Å²) < 4.78 is 11.0. The lowest BCUT2D eigenvalue weighted by molar-refractivity contribution is -0.140. The van der Waals surface area contributed by atoms with Crippen molar-refractivity contribution >= 4 is 23.2 Å². The fourth-order valence-corrected chi connectivity index (χ4v) is 3.80. The van der Waals surface area contributed by atoms with Gasteiger partial charge < -0.3 is 14.3 Å². The van der Waals surface area contributed by atoms with Crippen LogP contribution < -0.4 is 9.47 Å². The van der Waals surface area contributed by atoms with Crippen LogP contribution in [-0.4, -0.2) is 37.5 Å². The van der Waals surface area contributed by atoms with Gasteiger partial charge in [0.15, 0.2) is 11.6 Å². The Balaban J connectivity index is 2.30. The molecule has 0 fully saturated rings. The first-order valence-electron chi connectivity index (χ1n) is 11.2. The van der Waals surface area contributed by atoms with Gasteiger partial charge in [-0.1, -0.05) is 57.0 Å². The Morgan fingerprint density at radius 3 is 2.03 bits per heavy atom. The molecule has 0 bridgehead atoms. The zero-order valence-electron chi connectivity index (χ0n) is 19.5. The number of unbranched alkanes of at least 4 members (excludes halogenated alkanes) is 7. The van der Waals surface area contributed by atoms with E-state index >= 15 is 0 Å². The number of fused-ring (bicyclic) bond motifs is 1. The number of ether oxygens (including phenoxy) is 2. The van der Waals surface area contributed by atoms with Crippen LogP contribution in [0.5, 0.6) is 11.5 Å². The van der Waals surface area contributed by atoms with E-state index in [0.717, 1.165) is 19.3 Å². The second kappa shape index (κ2) is 12.8. The molecule has 0 radical (unpaired) electrons. The van der Waals surface area contributed by atoms with Crippen molar-refractivity contribution in [2.24, 2.45) is 5.16 Å². The maximum Gasteiger partial charge on any atom is 0.331 e. The molecule has 7 heteroatoms. The number of nitrogens with zero attached hydrogens (tertiary/aromatic N) is 1. The zero-order chi connectivity index (χ0) is 23.5. The van der Waals surface area contributed by atoms with Gasteiger partial charge in [-0.25, -0.2) is 4.79 Å². The lowest BCUT2D eigenvalue weighted by atomic mass is 9.88. The van der Waals surface area contributed by atoms with Crippen LogP contribution in [0.1, 0.15) is 97.9 Å². The molecule has 1 aliphatic carbocycles. The van der Waals surface area contributed by atoms with Crippen molar-refractivity contribution in [2.45, 2.75) is 71.6 Å². The van der Waals surface area contributed by atoms with Gasteiger partial charge in [0.25, 0.3) is 0 Å². The van der Waals surface area contributed by atoms with Crippen LogP contribution in [0, 0.1) is 0 Å². The third kappa shape index (κ3) is 6.52. The van der Waals surface area contributed by atoms with E-state index in [1.807, 2.05) is 0 Å². The topological polar surface area (TPSA) is 91.3 Å². The van der Waals surface area contributed by atoms with Gasteiger partial charge in [0.05, 0.1) is 31.1 Å². The number of hydrogen-bond acceptors (Lipinski definition) is 7. The summed E-state index contributed by atoms with van der Waals surface area (Å²) in [5, 5.41) is 4.05. The summed E-state index contributed by atoms with van der Waals surface area (Å²) in [4.78, 5) is 41.4. The number of carbonyl (C=O) groups is 3. The molecule has 1 aliphatic rings.